The molecule has 1 atom stereocenters. The molecular formula is C27H42N4O2. The summed E-state index contributed by atoms with van der Waals surface area (Å²) in [6.07, 6.45) is 6.01. The fraction of sp³-hybridized carbons (Fsp3) is 0.519. The van der Waals surface area contributed by atoms with Crippen LogP contribution in [-0.4, -0.2) is 50.8 Å². The molecule has 2 rings (SSSR count). The normalized spacial score (nSPS) is 11.8. The number of rotatable bonds is 14. The zero-order valence-corrected chi connectivity index (χ0v) is 21.1. The van der Waals surface area contributed by atoms with Gasteiger partial charge in [-0.2, -0.15) is 0 Å². The van der Waals surface area contributed by atoms with Crippen LogP contribution in [0.1, 0.15) is 52.9 Å². The molecule has 182 valence electrons. The second-order valence-corrected chi connectivity index (χ2v) is 8.75. The predicted molar refractivity (Wildman–Crippen MR) is 141 cm³/mol. The van der Waals surface area contributed by atoms with Crippen LogP contribution in [0.2, 0.25) is 0 Å². The van der Waals surface area contributed by atoms with Crippen molar-refractivity contribution in [1.29, 1.82) is 0 Å². The number of amides is 2. The lowest BCUT2D eigenvalue weighted by Crippen LogP contribution is -2.25. The minimum absolute atomic E-state index is 0.193. The third kappa shape index (κ3) is 10.2. The maximum absolute atomic E-state index is 12.4. The molecule has 0 saturated carbocycles. The third-order valence-electron chi connectivity index (χ3n) is 5.80. The first-order chi connectivity index (χ1) is 15.9. The number of hydrogen-bond acceptors (Lipinski definition) is 4. The minimum Gasteiger partial charge on any atom is -0.491 e. The number of unbranched alkanes of at least 4 members (excludes halogenated alkanes) is 2. The fourth-order valence-corrected chi connectivity index (χ4v) is 3.55. The zero-order chi connectivity index (χ0) is 24.1. The number of carbonyl (C=O) groups is 1. The summed E-state index contributed by atoms with van der Waals surface area (Å²) in [7, 11) is 4.24. The highest BCUT2D eigenvalue weighted by Crippen LogP contribution is 2.20. The highest BCUT2D eigenvalue weighted by Gasteiger charge is 2.07. The molecule has 0 radical (unpaired) electrons. The quantitative estimate of drug-likeness (QED) is 0.322. The van der Waals surface area contributed by atoms with Gasteiger partial charge in [0.1, 0.15) is 5.75 Å². The van der Waals surface area contributed by atoms with E-state index in [-0.39, 0.29) is 12.1 Å². The Balaban J connectivity index is 1.77. The Morgan fingerprint density at radius 3 is 2.06 bits per heavy atom. The number of hydrogen-bond donors (Lipinski definition) is 2. The van der Waals surface area contributed by atoms with Gasteiger partial charge in [-0.25, -0.2) is 4.79 Å². The van der Waals surface area contributed by atoms with Gasteiger partial charge < -0.3 is 25.2 Å². The van der Waals surface area contributed by atoms with Crippen molar-refractivity contribution in [2.45, 2.75) is 59.0 Å². The summed E-state index contributed by atoms with van der Waals surface area (Å²) in [6.45, 7) is 9.63. The van der Waals surface area contributed by atoms with E-state index in [1.165, 1.54) is 19.3 Å². The zero-order valence-electron chi connectivity index (χ0n) is 21.1. The Hall–Kier alpha value is -2.73. The SMILES string of the molecule is CCCCCC(C)Oc1ccc(NC(=O)Nc2ccc(N(C)CCCN(C)CC)cc2)cc1. The van der Waals surface area contributed by atoms with E-state index in [0.717, 1.165) is 55.3 Å². The molecule has 0 aliphatic carbocycles. The van der Waals surface area contributed by atoms with Crippen molar-refractivity contribution in [3.8, 4) is 5.75 Å². The van der Waals surface area contributed by atoms with Crippen molar-refractivity contribution < 1.29 is 9.53 Å². The average molecular weight is 455 g/mol. The lowest BCUT2D eigenvalue weighted by atomic mass is 10.1. The van der Waals surface area contributed by atoms with Crippen LogP contribution in [0.5, 0.6) is 5.75 Å². The molecule has 0 saturated heterocycles. The average Bonchev–Trinajstić information content (AvgIpc) is 2.80. The molecule has 33 heavy (non-hydrogen) atoms. The maximum Gasteiger partial charge on any atom is 0.323 e. The van der Waals surface area contributed by atoms with E-state index >= 15 is 0 Å². The molecule has 2 amide bonds. The van der Waals surface area contributed by atoms with Gasteiger partial charge in [0.05, 0.1) is 6.10 Å². The monoisotopic (exact) mass is 454 g/mol. The standard InChI is InChI=1S/C27H42N4O2/c1-6-8-9-11-22(3)33-26-18-14-24(15-19-26)29-27(32)28-23-12-16-25(17-13-23)31(5)21-10-20-30(4)7-2/h12-19,22H,6-11,20-21H2,1-5H3,(H2,28,29,32). The molecule has 0 aliphatic heterocycles. The van der Waals surface area contributed by atoms with Crippen LogP contribution in [-0.2, 0) is 0 Å². The van der Waals surface area contributed by atoms with Crippen LogP contribution in [0.3, 0.4) is 0 Å². The number of urea groups is 1. The number of ether oxygens (including phenoxy) is 1. The summed E-state index contributed by atoms with van der Waals surface area (Å²) in [5, 5.41) is 5.76. The van der Waals surface area contributed by atoms with Gasteiger partial charge in [0.2, 0.25) is 0 Å². The van der Waals surface area contributed by atoms with Gasteiger partial charge in [-0.1, -0.05) is 26.7 Å². The maximum atomic E-state index is 12.4. The molecule has 0 aromatic heterocycles. The van der Waals surface area contributed by atoms with Crippen LogP contribution in [0.25, 0.3) is 0 Å². The van der Waals surface area contributed by atoms with E-state index in [1.807, 2.05) is 48.5 Å². The molecule has 2 aromatic rings. The van der Waals surface area contributed by atoms with Crippen molar-refractivity contribution in [2.24, 2.45) is 0 Å². The molecular weight excluding hydrogens is 412 g/mol. The van der Waals surface area contributed by atoms with Gasteiger partial charge in [0.15, 0.2) is 0 Å². The van der Waals surface area contributed by atoms with Gasteiger partial charge in [-0.3, -0.25) is 0 Å². The van der Waals surface area contributed by atoms with Gasteiger partial charge >= 0.3 is 6.03 Å². The van der Waals surface area contributed by atoms with Crippen molar-refractivity contribution in [2.75, 3.05) is 49.3 Å². The van der Waals surface area contributed by atoms with E-state index in [4.69, 9.17) is 4.74 Å². The summed E-state index contributed by atoms with van der Waals surface area (Å²) in [6, 6.07) is 15.2. The van der Waals surface area contributed by atoms with Gasteiger partial charge in [0, 0.05) is 30.7 Å². The van der Waals surface area contributed by atoms with Crippen molar-refractivity contribution in [3.05, 3.63) is 48.5 Å². The van der Waals surface area contributed by atoms with Crippen LogP contribution >= 0.6 is 0 Å². The summed E-state index contributed by atoms with van der Waals surface area (Å²) < 4.78 is 5.95. The lowest BCUT2D eigenvalue weighted by molar-refractivity contribution is 0.206. The van der Waals surface area contributed by atoms with E-state index in [0.29, 0.717) is 0 Å². The molecule has 1 unspecified atom stereocenters. The molecule has 0 fully saturated rings. The van der Waals surface area contributed by atoms with Gasteiger partial charge in [-0.15, -0.1) is 0 Å². The number of nitrogens with zero attached hydrogens (tertiary/aromatic N) is 2. The summed E-state index contributed by atoms with van der Waals surface area (Å²) >= 11 is 0. The van der Waals surface area contributed by atoms with E-state index in [9.17, 15) is 4.79 Å². The van der Waals surface area contributed by atoms with Crippen LogP contribution in [0.4, 0.5) is 21.9 Å². The second-order valence-electron chi connectivity index (χ2n) is 8.75. The molecule has 0 spiro atoms. The largest absolute Gasteiger partial charge is 0.491 e. The first kappa shape index (κ1) is 26.5. The van der Waals surface area contributed by atoms with Crippen LogP contribution in [0, 0.1) is 0 Å². The molecule has 2 aromatic carbocycles. The second kappa shape index (κ2) is 14.4. The fourth-order valence-electron chi connectivity index (χ4n) is 3.55. The van der Waals surface area contributed by atoms with Gasteiger partial charge in [-0.05, 0) is 94.9 Å². The number of nitrogens with one attached hydrogen (secondary N) is 2. The molecule has 2 N–H and O–H groups in total. The molecule has 6 nitrogen and oxygen atoms in total. The molecule has 0 heterocycles. The van der Waals surface area contributed by atoms with Crippen LogP contribution in [0.15, 0.2) is 48.5 Å². The number of benzene rings is 2. The Labute approximate surface area is 200 Å². The number of carbonyl (C=O) groups excluding carboxylic acids is 1. The van der Waals surface area contributed by atoms with Crippen molar-refractivity contribution >= 4 is 23.1 Å². The molecule has 6 heteroatoms. The molecule has 0 aliphatic rings. The van der Waals surface area contributed by atoms with Crippen molar-refractivity contribution in [3.63, 3.8) is 0 Å². The topological polar surface area (TPSA) is 56.8 Å². The summed E-state index contributed by atoms with van der Waals surface area (Å²) in [5.41, 5.74) is 2.63. The smallest absolute Gasteiger partial charge is 0.323 e. The van der Waals surface area contributed by atoms with E-state index in [2.05, 4.69) is 55.3 Å². The van der Waals surface area contributed by atoms with E-state index in [1.54, 1.807) is 0 Å². The lowest BCUT2D eigenvalue weighted by Gasteiger charge is -2.21. The summed E-state index contributed by atoms with van der Waals surface area (Å²) in [4.78, 5) is 16.9. The Bertz CT molecular complexity index is 808. The highest BCUT2D eigenvalue weighted by atomic mass is 16.5. The first-order valence-corrected chi connectivity index (χ1v) is 12.3. The Kier molecular flexibility index (Phi) is 11.6. The third-order valence-corrected chi connectivity index (χ3v) is 5.80. The highest BCUT2D eigenvalue weighted by molar-refractivity contribution is 5.99. The van der Waals surface area contributed by atoms with E-state index < -0.39 is 0 Å². The van der Waals surface area contributed by atoms with Crippen molar-refractivity contribution in [1.82, 2.24) is 4.90 Å². The predicted octanol–water partition coefficient (Wildman–Crippen LogP) is 6.46. The minimum atomic E-state index is -0.264. The Morgan fingerprint density at radius 2 is 1.48 bits per heavy atom. The Morgan fingerprint density at radius 1 is 0.879 bits per heavy atom. The number of anilines is 3. The summed E-state index contributed by atoms with van der Waals surface area (Å²) in [5.74, 6) is 0.825. The van der Waals surface area contributed by atoms with Crippen LogP contribution < -0.4 is 20.3 Å². The molecule has 0 bridgehead atoms. The first-order valence-electron chi connectivity index (χ1n) is 12.3. The van der Waals surface area contributed by atoms with Gasteiger partial charge in [0.25, 0.3) is 0 Å².